The number of fused-ring (bicyclic) bond motifs is 1. The highest BCUT2D eigenvalue weighted by Gasteiger charge is 2.13. The highest BCUT2D eigenvalue weighted by molar-refractivity contribution is 5.86. The molecule has 0 saturated carbocycles. The van der Waals surface area contributed by atoms with E-state index in [4.69, 9.17) is 5.11 Å². The highest BCUT2D eigenvalue weighted by Crippen LogP contribution is 2.27. The van der Waals surface area contributed by atoms with E-state index >= 15 is 0 Å². The smallest absolute Gasteiger partial charge is 0.323 e. The fourth-order valence-corrected chi connectivity index (χ4v) is 2.04. The van der Waals surface area contributed by atoms with E-state index in [1.165, 1.54) is 0 Å². The molecule has 1 heterocycles. The quantitative estimate of drug-likeness (QED) is 0.853. The van der Waals surface area contributed by atoms with Crippen molar-refractivity contribution < 1.29 is 15.0 Å². The average molecular weight is 233 g/mol. The van der Waals surface area contributed by atoms with Crippen LogP contribution in [0.1, 0.15) is 24.2 Å². The van der Waals surface area contributed by atoms with Gasteiger partial charge in [0.2, 0.25) is 0 Å². The normalized spacial score (nSPS) is 12.9. The average Bonchev–Trinajstić information content (AvgIpc) is 2.56. The lowest BCUT2D eigenvalue weighted by Gasteiger charge is -2.02. The fraction of sp³-hybridized carbons (Fsp3) is 0.308. The Morgan fingerprint density at radius 1 is 1.47 bits per heavy atom. The fourth-order valence-electron chi connectivity index (χ4n) is 2.04. The van der Waals surface area contributed by atoms with E-state index in [9.17, 15) is 9.90 Å². The van der Waals surface area contributed by atoms with E-state index in [2.05, 4.69) is 0 Å². The number of aliphatic hydroxyl groups is 1. The molecule has 17 heavy (non-hydrogen) atoms. The van der Waals surface area contributed by atoms with Gasteiger partial charge in [-0.25, -0.2) is 0 Å². The van der Waals surface area contributed by atoms with Crippen LogP contribution in [0.2, 0.25) is 0 Å². The van der Waals surface area contributed by atoms with Crippen molar-refractivity contribution in [2.24, 2.45) is 0 Å². The summed E-state index contributed by atoms with van der Waals surface area (Å²) in [6, 6.07) is 5.81. The van der Waals surface area contributed by atoms with Crippen LogP contribution in [0, 0.1) is 6.92 Å². The topological polar surface area (TPSA) is 62.5 Å². The van der Waals surface area contributed by atoms with Crippen molar-refractivity contribution in [2.75, 3.05) is 0 Å². The number of nitrogens with zero attached hydrogens (tertiary/aromatic N) is 1. The number of rotatable bonds is 3. The van der Waals surface area contributed by atoms with Crippen LogP contribution >= 0.6 is 0 Å². The maximum atomic E-state index is 10.8. The van der Waals surface area contributed by atoms with Crippen LogP contribution in [-0.2, 0) is 11.3 Å². The number of aliphatic carboxylic acids is 1. The standard InChI is InChI=1S/C13H15NO3/c1-8-3-4-10-11(9(2)15)6-14(7-13(16)17)12(10)5-8/h3-6,9,15H,7H2,1-2H3,(H,16,17). The van der Waals surface area contributed by atoms with Crippen molar-refractivity contribution in [3.63, 3.8) is 0 Å². The van der Waals surface area contributed by atoms with Crippen LogP contribution < -0.4 is 0 Å². The lowest BCUT2D eigenvalue weighted by atomic mass is 10.1. The molecule has 0 saturated heterocycles. The Morgan fingerprint density at radius 3 is 2.76 bits per heavy atom. The molecule has 0 aliphatic rings. The number of carbonyl (C=O) groups is 1. The van der Waals surface area contributed by atoms with Gasteiger partial charge in [0.1, 0.15) is 6.54 Å². The molecule has 2 aromatic rings. The van der Waals surface area contributed by atoms with Gasteiger partial charge in [0, 0.05) is 22.7 Å². The minimum atomic E-state index is -0.888. The zero-order valence-electron chi connectivity index (χ0n) is 9.84. The Morgan fingerprint density at radius 2 is 2.18 bits per heavy atom. The number of aryl methyl sites for hydroxylation is 1. The van der Waals surface area contributed by atoms with Crippen LogP contribution in [-0.4, -0.2) is 20.7 Å². The second-order valence-electron chi connectivity index (χ2n) is 4.30. The molecular weight excluding hydrogens is 218 g/mol. The van der Waals surface area contributed by atoms with Crippen molar-refractivity contribution in [1.29, 1.82) is 0 Å². The SMILES string of the molecule is Cc1ccc2c(C(C)O)cn(CC(=O)O)c2c1. The number of carboxylic acid groups (broad SMARTS) is 1. The summed E-state index contributed by atoms with van der Waals surface area (Å²) in [5, 5.41) is 19.4. The van der Waals surface area contributed by atoms with Crippen LogP contribution in [0.3, 0.4) is 0 Å². The molecule has 4 nitrogen and oxygen atoms in total. The predicted octanol–water partition coefficient (Wildman–Crippen LogP) is 2.09. The molecule has 0 aliphatic carbocycles. The molecule has 1 aromatic heterocycles. The zero-order chi connectivity index (χ0) is 12.6. The summed E-state index contributed by atoms with van der Waals surface area (Å²) < 4.78 is 1.66. The molecule has 1 unspecified atom stereocenters. The zero-order valence-corrected chi connectivity index (χ0v) is 9.84. The first-order valence-electron chi connectivity index (χ1n) is 5.48. The van der Waals surface area contributed by atoms with Gasteiger partial charge in [-0.2, -0.15) is 0 Å². The van der Waals surface area contributed by atoms with Crippen molar-refractivity contribution >= 4 is 16.9 Å². The summed E-state index contributed by atoms with van der Waals surface area (Å²) in [4.78, 5) is 10.8. The number of hydrogen-bond donors (Lipinski definition) is 2. The number of carboxylic acids is 1. The molecule has 0 amide bonds. The van der Waals surface area contributed by atoms with Gasteiger partial charge in [-0.15, -0.1) is 0 Å². The van der Waals surface area contributed by atoms with Gasteiger partial charge >= 0.3 is 5.97 Å². The first kappa shape index (κ1) is 11.7. The van der Waals surface area contributed by atoms with Gasteiger partial charge in [-0.1, -0.05) is 12.1 Å². The van der Waals surface area contributed by atoms with E-state index in [0.29, 0.717) is 0 Å². The van der Waals surface area contributed by atoms with Gasteiger partial charge in [-0.05, 0) is 25.5 Å². The molecule has 90 valence electrons. The summed E-state index contributed by atoms with van der Waals surface area (Å²) in [7, 11) is 0. The molecule has 0 radical (unpaired) electrons. The number of benzene rings is 1. The van der Waals surface area contributed by atoms with E-state index in [1.54, 1.807) is 17.7 Å². The minimum Gasteiger partial charge on any atom is -0.480 e. The summed E-state index contributed by atoms with van der Waals surface area (Å²) in [5.74, 6) is -0.888. The Hall–Kier alpha value is -1.81. The second-order valence-corrected chi connectivity index (χ2v) is 4.30. The summed E-state index contributed by atoms with van der Waals surface area (Å²) in [6.45, 7) is 3.55. The van der Waals surface area contributed by atoms with E-state index < -0.39 is 12.1 Å². The first-order chi connectivity index (χ1) is 7.99. The van der Waals surface area contributed by atoms with Crippen LogP contribution in [0.25, 0.3) is 10.9 Å². The van der Waals surface area contributed by atoms with Crippen molar-refractivity contribution in [1.82, 2.24) is 4.57 Å². The molecular formula is C13H15NO3. The van der Waals surface area contributed by atoms with Crippen LogP contribution in [0.15, 0.2) is 24.4 Å². The maximum absolute atomic E-state index is 10.8. The Labute approximate surface area is 99.1 Å². The highest BCUT2D eigenvalue weighted by atomic mass is 16.4. The molecule has 4 heteroatoms. The van der Waals surface area contributed by atoms with E-state index in [0.717, 1.165) is 22.0 Å². The molecule has 0 fully saturated rings. The Bertz CT molecular complexity index is 569. The maximum Gasteiger partial charge on any atom is 0.323 e. The van der Waals surface area contributed by atoms with Crippen molar-refractivity contribution in [3.8, 4) is 0 Å². The molecule has 0 spiro atoms. The Balaban J connectivity index is 2.66. The summed E-state index contributed by atoms with van der Waals surface area (Å²) in [5.41, 5.74) is 2.68. The Kier molecular flexibility index (Phi) is 2.90. The molecule has 2 N–H and O–H groups in total. The molecule has 0 bridgehead atoms. The number of aliphatic hydroxyl groups excluding tert-OH is 1. The van der Waals surface area contributed by atoms with Gasteiger partial charge in [0.15, 0.2) is 0 Å². The largest absolute Gasteiger partial charge is 0.480 e. The van der Waals surface area contributed by atoms with Gasteiger partial charge < -0.3 is 14.8 Å². The van der Waals surface area contributed by atoms with Crippen molar-refractivity contribution in [2.45, 2.75) is 26.5 Å². The number of aromatic nitrogens is 1. The minimum absolute atomic E-state index is 0.0906. The van der Waals surface area contributed by atoms with Crippen LogP contribution in [0.4, 0.5) is 0 Å². The van der Waals surface area contributed by atoms with Gasteiger partial charge in [0.25, 0.3) is 0 Å². The van der Waals surface area contributed by atoms with Gasteiger partial charge in [0.05, 0.1) is 6.10 Å². The summed E-state index contributed by atoms with van der Waals surface area (Å²) >= 11 is 0. The lowest BCUT2D eigenvalue weighted by Crippen LogP contribution is -2.07. The molecule has 2 rings (SSSR count). The lowest BCUT2D eigenvalue weighted by molar-refractivity contribution is -0.137. The first-order valence-corrected chi connectivity index (χ1v) is 5.48. The second kappa shape index (κ2) is 4.22. The number of hydrogen-bond acceptors (Lipinski definition) is 2. The van der Waals surface area contributed by atoms with Crippen LogP contribution in [0.5, 0.6) is 0 Å². The molecule has 1 aromatic carbocycles. The third-order valence-corrected chi connectivity index (χ3v) is 2.82. The van der Waals surface area contributed by atoms with Gasteiger partial charge in [-0.3, -0.25) is 4.79 Å². The van der Waals surface area contributed by atoms with E-state index in [1.807, 2.05) is 25.1 Å². The van der Waals surface area contributed by atoms with Crippen molar-refractivity contribution in [3.05, 3.63) is 35.5 Å². The molecule has 0 aliphatic heterocycles. The predicted molar refractivity (Wildman–Crippen MR) is 64.9 cm³/mol. The molecule has 1 atom stereocenters. The monoisotopic (exact) mass is 233 g/mol. The summed E-state index contributed by atoms with van der Waals surface area (Å²) in [6.07, 6.45) is 1.11. The third kappa shape index (κ3) is 2.17. The third-order valence-electron chi connectivity index (χ3n) is 2.82. The van der Waals surface area contributed by atoms with E-state index in [-0.39, 0.29) is 6.54 Å².